The number of carbonyl (C=O) groups excluding carboxylic acids is 1. The minimum absolute atomic E-state index is 0.142. The summed E-state index contributed by atoms with van der Waals surface area (Å²) in [5.41, 5.74) is 5.77. The molecule has 6 nitrogen and oxygen atoms in total. The van der Waals surface area contributed by atoms with Crippen LogP contribution in [0.3, 0.4) is 0 Å². The van der Waals surface area contributed by atoms with Gasteiger partial charge in [-0.1, -0.05) is 47.5 Å². The predicted molar refractivity (Wildman–Crippen MR) is 152 cm³/mol. The molecule has 2 aliphatic rings. The van der Waals surface area contributed by atoms with Gasteiger partial charge in [-0.05, 0) is 83.1 Å². The summed E-state index contributed by atoms with van der Waals surface area (Å²) in [7, 11) is 0. The zero-order valence-corrected chi connectivity index (χ0v) is 23.0. The maximum atomic E-state index is 14.1. The highest BCUT2D eigenvalue weighted by Crippen LogP contribution is 2.53. The normalized spacial score (nSPS) is 22.0. The molecule has 0 unspecified atom stereocenters. The minimum Gasteiger partial charge on any atom is -0.490 e. The number of fused-ring (bicyclic) bond motifs is 4. The quantitative estimate of drug-likeness (QED) is 0.399. The van der Waals surface area contributed by atoms with Crippen LogP contribution in [0.2, 0.25) is 0 Å². The van der Waals surface area contributed by atoms with Gasteiger partial charge in [0.25, 0.3) is 0 Å². The van der Waals surface area contributed by atoms with E-state index in [4.69, 9.17) is 21.7 Å². The number of para-hydroxylation sites is 1. The van der Waals surface area contributed by atoms with Gasteiger partial charge >= 0.3 is 0 Å². The number of thiocarbonyl (C=S) groups is 1. The standard InChI is InChI=1S/C30H33N3O3S/c1-7-35-24-10-8-9-21-26-25(28(34)31-22-13-11-17(2)15-19(22)4)30(6,36-27(21)24)33(29(37)32-26)23-14-12-18(3)16-20(23)5/h8-16,25-26H,7H2,1-6H3,(H,31,34)(H,32,37)/t25-,26-,30-/m1/s1. The van der Waals surface area contributed by atoms with E-state index in [9.17, 15) is 4.79 Å². The molecular formula is C30H33N3O3S. The molecule has 37 heavy (non-hydrogen) atoms. The molecule has 192 valence electrons. The van der Waals surface area contributed by atoms with Gasteiger partial charge in [-0.2, -0.15) is 0 Å². The second-order valence-corrected chi connectivity index (χ2v) is 10.5. The number of amides is 1. The number of nitrogens with zero attached hydrogens (tertiary/aromatic N) is 1. The number of carbonyl (C=O) groups is 1. The molecule has 1 saturated heterocycles. The average Bonchev–Trinajstić information content (AvgIpc) is 2.82. The molecule has 3 aromatic carbocycles. The Hall–Kier alpha value is -3.58. The Morgan fingerprint density at radius 3 is 2.46 bits per heavy atom. The van der Waals surface area contributed by atoms with Crippen LogP contribution in [0.5, 0.6) is 11.5 Å². The van der Waals surface area contributed by atoms with E-state index < -0.39 is 17.7 Å². The highest BCUT2D eigenvalue weighted by molar-refractivity contribution is 7.80. The van der Waals surface area contributed by atoms with Crippen LogP contribution in [-0.2, 0) is 4.79 Å². The van der Waals surface area contributed by atoms with Crippen molar-refractivity contribution in [1.29, 1.82) is 0 Å². The van der Waals surface area contributed by atoms with E-state index in [2.05, 4.69) is 29.7 Å². The number of rotatable bonds is 5. The third-order valence-corrected chi connectivity index (χ3v) is 7.61. The molecule has 0 saturated carbocycles. The summed E-state index contributed by atoms with van der Waals surface area (Å²) < 4.78 is 12.8. The Balaban J connectivity index is 1.66. The molecule has 0 radical (unpaired) electrons. The van der Waals surface area contributed by atoms with Crippen LogP contribution < -0.4 is 25.0 Å². The lowest BCUT2D eigenvalue weighted by Gasteiger charge is -2.56. The zero-order valence-electron chi connectivity index (χ0n) is 22.1. The van der Waals surface area contributed by atoms with Crippen molar-refractivity contribution in [3.8, 4) is 11.5 Å². The van der Waals surface area contributed by atoms with E-state index in [1.54, 1.807) is 0 Å². The number of benzene rings is 3. The van der Waals surface area contributed by atoms with Crippen molar-refractivity contribution in [3.63, 3.8) is 0 Å². The zero-order chi connectivity index (χ0) is 26.5. The third-order valence-electron chi connectivity index (χ3n) is 7.30. The lowest BCUT2D eigenvalue weighted by atomic mass is 9.78. The van der Waals surface area contributed by atoms with Gasteiger partial charge in [-0.3, -0.25) is 9.69 Å². The van der Waals surface area contributed by atoms with Crippen molar-refractivity contribution in [2.75, 3.05) is 16.8 Å². The molecule has 2 aliphatic heterocycles. The van der Waals surface area contributed by atoms with Crippen LogP contribution >= 0.6 is 12.2 Å². The Kier molecular flexibility index (Phi) is 6.36. The molecule has 1 fully saturated rings. The van der Waals surface area contributed by atoms with E-state index in [0.717, 1.165) is 39.2 Å². The van der Waals surface area contributed by atoms with Gasteiger partial charge in [0.1, 0.15) is 5.92 Å². The largest absolute Gasteiger partial charge is 0.490 e. The van der Waals surface area contributed by atoms with Crippen molar-refractivity contribution in [2.24, 2.45) is 5.92 Å². The first kappa shape index (κ1) is 25.1. The molecule has 2 N–H and O–H groups in total. The number of hydrogen-bond donors (Lipinski definition) is 2. The Morgan fingerprint density at radius 2 is 1.78 bits per heavy atom. The lowest BCUT2D eigenvalue weighted by molar-refractivity contribution is -0.130. The fraction of sp³-hybridized carbons (Fsp3) is 0.333. The van der Waals surface area contributed by atoms with Crippen LogP contribution in [0.4, 0.5) is 11.4 Å². The maximum absolute atomic E-state index is 14.1. The van der Waals surface area contributed by atoms with Crippen molar-refractivity contribution < 1.29 is 14.3 Å². The molecule has 0 aromatic heterocycles. The number of hydrogen-bond acceptors (Lipinski definition) is 4. The summed E-state index contributed by atoms with van der Waals surface area (Å²) in [6, 6.07) is 17.6. The van der Waals surface area contributed by atoms with Gasteiger partial charge < -0.3 is 20.1 Å². The fourth-order valence-corrected chi connectivity index (χ4v) is 6.03. The van der Waals surface area contributed by atoms with Crippen LogP contribution in [0.25, 0.3) is 0 Å². The molecule has 3 aromatic rings. The average molecular weight is 516 g/mol. The molecular weight excluding hydrogens is 482 g/mol. The van der Waals surface area contributed by atoms with Gasteiger partial charge in [0.2, 0.25) is 5.91 Å². The van der Waals surface area contributed by atoms with E-state index in [1.807, 2.05) is 82.0 Å². The number of ether oxygens (including phenoxy) is 2. The van der Waals surface area contributed by atoms with E-state index >= 15 is 0 Å². The van der Waals surface area contributed by atoms with Gasteiger partial charge in [-0.25, -0.2) is 0 Å². The summed E-state index contributed by atoms with van der Waals surface area (Å²) in [6.45, 7) is 12.5. The monoisotopic (exact) mass is 515 g/mol. The highest BCUT2D eigenvalue weighted by Gasteiger charge is 2.59. The molecule has 2 heterocycles. The predicted octanol–water partition coefficient (Wildman–Crippen LogP) is 6.12. The summed E-state index contributed by atoms with van der Waals surface area (Å²) in [6.07, 6.45) is 0. The molecule has 7 heteroatoms. The molecule has 2 bridgehead atoms. The molecule has 3 atom stereocenters. The highest BCUT2D eigenvalue weighted by atomic mass is 32.1. The Labute approximate surface area is 224 Å². The molecule has 0 spiro atoms. The second-order valence-electron chi connectivity index (χ2n) is 10.1. The first-order valence-electron chi connectivity index (χ1n) is 12.6. The first-order valence-corrected chi connectivity index (χ1v) is 13.1. The van der Waals surface area contributed by atoms with Crippen LogP contribution in [0.1, 0.15) is 47.7 Å². The molecule has 0 aliphatic carbocycles. The van der Waals surface area contributed by atoms with Gasteiger partial charge in [-0.15, -0.1) is 0 Å². The van der Waals surface area contributed by atoms with E-state index in [0.29, 0.717) is 23.2 Å². The number of nitrogens with one attached hydrogen (secondary N) is 2. The summed E-state index contributed by atoms with van der Waals surface area (Å²) in [4.78, 5) is 16.1. The van der Waals surface area contributed by atoms with E-state index in [-0.39, 0.29) is 5.91 Å². The second kappa shape index (κ2) is 9.38. The first-order chi connectivity index (χ1) is 17.6. The SMILES string of the molecule is CCOc1cccc2c1O[C@]1(C)[C@@H](C(=O)Nc3ccc(C)cc3C)[C@@H]2NC(=S)N1c1ccc(C)cc1C. The topological polar surface area (TPSA) is 62.8 Å². The number of anilines is 2. The smallest absolute Gasteiger partial charge is 0.236 e. The van der Waals surface area contributed by atoms with Gasteiger partial charge in [0.15, 0.2) is 22.3 Å². The molecule has 1 amide bonds. The van der Waals surface area contributed by atoms with Gasteiger partial charge in [0.05, 0.1) is 12.6 Å². The fourth-order valence-electron chi connectivity index (χ4n) is 5.62. The Morgan fingerprint density at radius 1 is 1.08 bits per heavy atom. The van der Waals surface area contributed by atoms with Crippen molar-refractivity contribution in [3.05, 3.63) is 82.4 Å². The Bertz CT molecular complexity index is 1400. The van der Waals surface area contributed by atoms with E-state index in [1.165, 1.54) is 0 Å². The van der Waals surface area contributed by atoms with Crippen LogP contribution in [-0.4, -0.2) is 23.4 Å². The van der Waals surface area contributed by atoms with Crippen molar-refractivity contribution in [1.82, 2.24) is 5.32 Å². The third kappa shape index (κ3) is 4.21. The number of aryl methyl sites for hydroxylation is 4. The minimum atomic E-state index is -1.12. The maximum Gasteiger partial charge on any atom is 0.236 e. The van der Waals surface area contributed by atoms with Crippen LogP contribution in [0, 0.1) is 33.6 Å². The van der Waals surface area contributed by atoms with Crippen molar-refractivity contribution in [2.45, 2.75) is 53.3 Å². The lowest BCUT2D eigenvalue weighted by Crippen LogP contribution is -2.72. The van der Waals surface area contributed by atoms with Crippen LogP contribution in [0.15, 0.2) is 54.6 Å². The summed E-state index contributed by atoms with van der Waals surface area (Å²) in [5, 5.41) is 7.19. The summed E-state index contributed by atoms with van der Waals surface area (Å²) >= 11 is 5.92. The molecule has 5 rings (SSSR count). The van der Waals surface area contributed by atoms with Gasteiger partial charge in [0, 0.05) is 16.9 Å². The van der Waals surface area contributed by atoms with Crippen molar-refractivity contribution >= 4 is 34.6 Å². The summed E-state index contributed by atoms with van der Waals surface area (Å²) in [5.74, 6) is 0.526.